The fraction of sp³-hybridized carbons (Fsp3) is 0.625. The summed E-state index contributed by atoms with van der Waals surface area (Å²) in [5.41, 5.74) is 8.52. The minimum atomic E-state index is -0.555. The largest absolute Gasteiger partial charge is 0.480 e. The van der Waals surface area contributed by atoms with Gasteiger partial charge in [-0.3, -0.25) is 0 Å². The molecule has 0 spiro atoms. The second-order valence-corrected chi connectivity index (χ2v) is 14.2. The zero-order valence-corrected chi connectivity index (χ0v) is 27.6. The zero-order chi connectivity index (χ0) is 31.6. The van der Waals surface area contributed by atoms with Gasteiger partial charge in [0.05, 0.1) is 30.7 Å². The lowest BCUT2D eigenvalue weighted by atomic mass is 9.91. The van der Waals surface area contributed by atoms with Gasteiger partial charge < -0.3 is 40.4 Å². The van der Waals surface area contributed by atoms with Gasteiger partial charge in [-0.15, -0.1) is 11.3 Å². The first-order valence-electron chi connectivity index (χ1n) is 16.1. The SMILES string of the molecule is COc1nc(N2CCOCC2)nc(N[C@@H]2CCCN(C(=O)OC(C)(C)C)C2)c1-c1nc2c(N[C@H]3CCCC[C@H]3N)cccc2s1. The Morgan fingerprint density at radius 2 is 1.84 bits per heavy atom. The maximum Gasteiger partial charge on any atom is 0.410 e. The molecule has 2 saturated heterocycles. The van der Waals surface area contributed by atoms with E-state index in [1.54, 1.807) is 23.3 Å². The van der Waals surface area contributed by atoms with E-state index in [1.807, 2.05) is 20.8 Å². The van der Waals surface area contributed by atoms with Crippen molar-refractivity contribution in [1.29, 1.82) is 0 Å². The summed E-state index contributed by atoms with van der Waals surface area (Å²) >= 11 is 1.59. The molecule has 0 unspecified atom stereocenters. The van der Waals surface area contributed by atoms with E-state index < -0.39 is 5.60 Å². The quantitative estimate of drug-likeness (QED) is 0.319. The molecule has 2 aliphatic heterocycles. The molecule has 1 amide bonds. The number of nitrogens with one attached hydrogen (secondary N) is 2. The fourth-order valence-corrected chi connectivity index (χ4v) is 7.30. The van der Waals surface area contributed by atoms with E-state index in [2.05, 4.69) is 33.7 Å². The third-order valence-corrected chi connectivity index (χ3v) is 9.60. The first-order chi connectivity index (χ1) is 21.7. The molecule has 3 fully saturated rings. The number of fused-ring (bicyclic) bond motifs is 1. The number of carbonyl (C=O) groups excluding carboxylic acids is 1. The van der Waals surface area contributed by atoms with Gasteiger partial charge in [0.25, 0.3) is 0 Å². The van der Waals surface area contributed by atoms with Gasteiger partial charge in [-0.05, 0) is 58.6 Å². The van der Waals surface area contributed by atoms with Crippen molar-refractivity contribution in [3.63, 3.8) is 0 Å². The highest BCUT2D eigenvalue weighted by atomic mass is 32.1. The number of benzene rings is 1. The Labute approximate surface area is 269 Å². The third kappa shape index (κ3) is 7.36. The summed E-state index contributed by atoms with van der Waals surface area (Å²) in [7, 11) is 1.63. The summed E-state index contributed by atoms with van der Waals surface area (Å²) in [5, 5.41) is 8.14. The molecule has 6 rings (SSSR count). The average molecular weight is 639 g/mol. The van der Waals surface area contributed by atoms with Crippen LogP contribution >= 0.6 is 11.3 Å². The Hall–Kier alpha value is -3.42. The molecule has 1 aliphatic carbocycles. The molecule has 1 aromatic carbocycles. The molecule has 3 aromatic rings. The van der Waals surface area contributed by atoms with Crippen molar-refractivity contribution in [2.45, 2.75) is 83.0 Å². The topological polar surface area (TPSA) is 140 Å². The predicted molar refractivity (Wildman–Crippen MR) is 179 cm³/mol. The lowest BCUT2D eigenvalue weighted by molar-refractivity contribution is 0.0206. The number of nitrogens with zero attached hydrogens (tertiary/aromatic N) is 5. The molecule has 4 heterocycles. The van der Waals surface area contributed by atoms with Crippen molar-refractivity contribution in [1.82, 2.24) is 19.9 Å². The van der Waals surface area contributed by atoms with Crippen LogP contribution < -0.4 is 26.0 Å². The third-order valence-electron chi connectivity index (χ3n) is 8.56. The van der Waals surface area contributed by atoms with Gasteiger partial charge in [0.2, 0.25) is 11.8 Å². The number of para-hydroxylation sites is 1. The van der Waals surface area contributed by atoms with Crippen LogP contribution in [0, 0.1) is 0 Å². The van der Waals surface area contributed by atoms with E-state index >= 15 is 0 Å². The number of anilines is 3. The molecular weight excluding hydrogens is 592 g/mol. The van der Waals surface area contributed by atoms with Crippen LogP contribution in [-0.2, 0) is 9.47 Å². The number of nitrogens with two attached hydrogens (primary N) is 1. The summed E-state index contributed by atoms with van der Waals surface area (Å²) in [4.78, 5) is 31.9. The molecule has 4 N–H and O–H groups in total. The van der Waals surface area contributed by atoms with Gasteiger partial charge in [-0.25, -0.2) is 9.78 Å². The van der Waals surface area contributed by atoms with Gasteiger partial charge in [0.1, 0.15) is 27.5 Å². The van der Waals surface area contributed by atoms with Crippen LogP contribution in [0.1, 0.15) is 59.3 Å². The first-order valence-corrected chi connectivity index (χ1v) is 17.0. The van der Waals surface area contributed by atoms with Gasteiger partial charge >= 0.3 is 6.09 Å². The number of rotatable bonds is 7. The Bertz CT molecular complexity index is 1490. The summed E-state index contributed by atoms with van der Waals surface area (Å²) in [6, 6.07) is 6.53. The van der Waals surface area contributed by atoms with E-state index in [1.165, 1.54) is 12.8 Å². The normalized spacial score (nSPS) is 22.7. The van der Waals surface area contributed by atoms with Crippen LogP contribution in [-0.4, -0.2) is 96.2 Å². The van der Waals surface area contributed by atoms with E-state index in [9.17, 15) is 4.79 Å². The standard InChI is InChI=1S/C32H46N8O4S/c1-32(2,3)44-31(41)40-14-8-9-20(19-40)34-27-25(28(42-4)38-30(37-27)39-15-17-43-18-16-39)29-36-26-23(12-7-13-24(26)45-29)35-22-11-6-5-10-21(22)33/h7,12-13,20-22,35H,5-6,8-11,14-19,33H2,1-4H3,(H,34,37,38)/t20-,21-,22+/m1/s1. The van der Waals surface area contributed by atoms with Crippen LogP contribution in [0.5, 0.6) is 5.88 Å². The monoisotopic (exact) mass is 638 g/mol. The van der Waals surface area contributed by atoms with Crippen LogP contribution in [0.3, 0.4) is 0 Å². The predicted octanol–water partition coefficient (Wildman–Crippen LogP) is 5.09. The number of morpholine rings is 1. The van der Waals surface area contributed by atoms with Crippen molar-refractivity contribution in [2.24, 2.45) is 5.73 Å². The molecule has 3 atom stereocenters. The van der Waals surface area contributed by atoms with Crippen LogP contribution in [0.25, 0.3) is 20.8 Å². The highest BCUT2D eigenvalue weighted by Crippen LogP contribution is 2.42. The first kappa shape index (κ1) is 31.6. The van der Waals surface area contributed by atoms with E-state index in [0.29, 0.717) is 62.6 Å². The van der Waals surface area contributed by atoms with Gasteiger partial charge in [0, 0.05) is 44.3 Å². The molecule has 2 aromatic heterocycles. The number of aromatic nitrogens is 3. The number of thiazole rings is 1. The molecule has 12 nitrogen and oxygen atoms in total. The summed E-state index contributed by atoms with van der Waals surface area (Å²) in [5.74, 6) is 1.68. The molecule has 0 radical (unpaired) electrons. The number of ether oxygens (including phenoxy) is 3. The lowest BCUT2D eigenvalue weighted by Gasteiger charge is -2.35. The number of likely N-dealkylation sites (tertiary alicyclic amines) is 1. The number of amides is 1. The van der Waals surface area contributed by atoms with Crippen molar-refractivity contribution in [3.8, 4) is 16.5 Å². The molecule has 13 heteroatoms. The molecule has 45 heavy (non-hydrogen) atoms. The van der Waals surface area contributed by atoms with Crippen LogP contribution in [0.4, 0.5) is 22.2 Å². The van der Waals surface area contributed by atoms with E-state index in [-0.39, 0.29) is 24.2 Å². The Kier molecular flexibility index (Phi) is 9.48. The van der Waals surface area contributed by atoms with Gasteiger partial charge in [-0.1, -0.05) is 18.9 Å². The van der Waals surface area contributed by atoms with Crippen molar-refractivity contribution in [2.75, 3.05) is 62.0 Å². The summed E-state index contributed by atoms with van der Waals surface area (Å²) in [6.45, 7) is 9.44. The molecule has 1 saturated carbocycles. The summed E-state index contributed by atoms with van der Waals surface area (Å²) in [6.07, 6.45) is 5.87. The molecule has 0 bridgehead atoms. The fourth-order valence-electron chi connectivity index (χ4n) is 6.27. The number of carbonyl (C=O) groups is 1. The number of methoxy groups -OCH3 is 1. The lowest BCUT2D eigenvalue weighted by Crippen LogP contribution is -2.47. The number of hydrogen-bond acceptors (Lipinski definition) is 12. The highest BCUT2D eigenvalue weighted by molar-refractivity contribution is 7.21. The summed E-state index contributed by atoms with van der Waals surface area (Å²) < 4.78 is 18.3. The second kappa shape index (κ2) is 13.5. The average Bonchev–Trinajstić information content (AvgIpc) is 3.46. The zero-order valence-electron chi connectivity index (χ0n) is 26.8. The molecular formula is C32H46N8O4S. The van der Waals surface area contributed by atoms with Crippen molar-refractivity contribution < 1.29 is 19.0 Å². The van der Waals surface area contributed by atoms with E-state index in [0.717, 1.165) is 46.6 Å². The second-order valence-electron chi connectivity index (χ2n) is 13.1. The number of hydrogen-bond donors (Lipinski definition) is 3. The smallest absolute Gasteiger partial charge is 0.410 e. The molecule has 3 aliphatic rings. The van der Waals surface area contributed by atoms with Crippen molar-refractivity contribution >= 4 is 45.1 Å². The highest BCUT2D eigenvalue weighted by Gasteiger charge is 2.31. The van der Waals surface area contributed by atoms with Crippen LogP contribution in [0.15, 0.2) is 18.2 Å². The van der Waals surface area contributed by atoms with E-state index in [4.69, 9.17) is 34.9 Å². The minimum absolute atomic E-state index is 0.0402. The Morgan fingerprint density at radius 1 is 1.04 bits per heavy atom. The van der Waals surface area contributed by atoms with Gasteiger partial charge in [0.15, 0.2) is 0 Å². The molecule has 244 valence electrons. The number of piperidine rings is 1. The Balaban J connectivity index is 1.35. The van der Waals surface area contributed by atoms with Gasteiger partial charge in [-0.2, -0.15) is 9.97 Å². The maximum atomic E-state index is 12.9. The minimum Gasteiger partial charge on any atom is -0.480 e. The maximum absolute atomic E-state index is 12.9. The van der Waals surface area contributed by atoms with Crippen LogP contribution in [0.2, 0.25) is 0 Å². The Morgan fingerprint density at radius 3 is 2.60 bits per heavy atom. The van der Waals surface area contributed by atoms with Crippen molar-refractivity contribution in [3.05, 3.63) is 18.2 Å².